The van der Waals surface area contributed by atoms with Gasteiger partial charge in [-0.25, -0.2) is 10.8 Å². The molecule has 0 saturated carbocycles. The van der Waals surface area contributed by atoms with Crippen LogP contribution in [0.1, 0.15) is 18.5 Å². The van der Waals surface area contributed by atoms with E-state index >= 15 is 0 Å². The summed E-state index contributed by atoms with van der Waals surface area (Å²) in [7, 11) is 1.65. The summed E-state index contributed by atoms with van der Waals surface area (Å²) in [5.74, 6) is 6.46. The second-order valence-corrected chi connectivity index (χ2v) is 4.30. The minimum absolute atomic E-state index is 0.0195. The molecule has 0 aliphatic carbocycles. The Morgan fingerprint density at radius 2 is 2.33 bits per heavy atom. The lowest BCUT2D eigenvalue weighted by molar-refractivity contribution is -0.121. The fourth-order valence-corrected chi connectivity index (χ4v) is 2.24. The number of amides is 1. The van der Waals surface area contributed by atoms with E-state index in [0.29, 0.717) is 5.95 Å². The summed E-state index contributed by atoms with van der Waals surface area (Å²) >= 11 is 0. The zero-order valence-electron chi connectivity index (χ0n) is 10.6. The van der Waals surface area contributed by atoms with Gasteiger partial charge in [0.15, 0.2) is 0 Å². The van der Waals surface area contributed by atoms with Gasteiger partial charge in [-0.05, 0) is 19.8 Å². The highest BCUT2D eigenvalue weighted by atomic mass is 16.2. The Bertz CT molecular complexity index is 449. The Morgan fingerprint density at radius 1 is 1.56 bits per heavy atom. The number of carbonyl (C=O) groups excluding carboxylic acids is 1. The van der Waals surface area contributed by atoms with E-state index in [2.05, 4.69) is 20.7 Å². The number of hydrogen-bond donors (Lipinski definition) is 3. The van der Waals surface area contributed by atoms with Gasteiger partial charge in [-0.2, -0.15) is 4.98 Å². The largest absolute Gasteiger partial charge is 0.357 e. The van der Waals surface area contributed by atoms with Crippen LogP contribution in [0.5, 0.6) is 0 Å². The Balaban J connectivity index is 2.29. The fourth-order valence-electron chi connectivity index (χ4n) is 2.24. The molecule has 0 spiro atoms. The molecule has 1 unspecified atom stereocenters. The van der Waals surface area contributed by atoms with Crippen LogP contribution >= 0.6 is 0 Å². The monoisotopic (exact) mass is 250 g/mol. The average Bonchev–Trinajstić information content (AvgIpc) is 2.86. The van der Waals surface area contributed by atoms with E-state index in [0.717, 1.165) is 30.9 Å². The van der Waals surface area contributed by atoms with Crippen LogP contribution in [0.2, 0.25) is 0 Å². The number of rotatable bonds is 3. The van der Waals surface area contributed by atoms with Crippen LogP contribution in [0.4, 0.5) is 11.8 Å². The summed E-state index contributed by atoms with van der Waals surface area (Å²) in [4.78, 5) is 22.2. The number of likely N-dealkylation sites (N-methyl/N-ethyl adjacent to an activating group) is 1. The quantitative estimate of drug-likeness (QED) is 0.507. The van der Waals surface area contributed by atoms with Crippen LogP contribution in [0.15, 0.2) is 6.07 Å². The maximum atomic E-state index is 11.8. The van der Waals surface area contributed by atoms with E-state index in [1.54, 1.807) is 7.05 Å². The number of hydrazine groups is 1. The molecule has 1 saturated heterocycles. The minimum Gasteiger partial charge on any atom is -0.357 e. The molecule has 0 aromatic carbocycles. The molecule has 1 aliphatic rings. The summed E-state index contributed by atoms with van der Waals surface area (Å²) in [5.41, 5.74) is 3.26. The molecule has 18 heavy (non-hydrogen) atoms. The molecule has 1 aromatic heterocycles. The van der Waals surface area contributed by atoms with Gasteiger partial charge < -0.3 is 10.2 Å². The topological polar surface area (TPSA) is 96.2 Å². The number of aromatic nitrogens is 2. The number of carbonyl (C=O) groups is 1. The predicted octanol–water partition coefficient (Wildman–Crippen LogP) is -0.215. The number of nitrogens with zero attached hydrogens (tertiary/aromatic N) is 3. The fraction of sp³-hybridized carbons (Fsp3) is 0.545. The van der Waals surface area contributed by atoms with Crippen molar-refractivity contribution in [1.82, 2.24) is 15.3 Å². The van der Waals surface area contributed by atoms with Crippen molar-refractivity contribution in [3.05, 3.63) is 11.8 Å². The zero-order chi connectivity index (χ0) is 13.1. The maximum absolute atomic E-state index is 11.8. The van der Waals surface area contributed by atoms with Gasteiger partial charge in [-0.1, -0.05) is 0 Å². The molecule has 7 heteroatoms. The highest BCUT2D eigenvalue weighted by Crippen LogP contribution is 2.25. The molecule has 1 aliphatic heterocycles. The van der Waals surface area contributed by atoms with Gasteiger partial charge in [0.1, 0.15) is 11.9 Å². The highest BCUT2D eigenvalue weighted by molar-refractivity contribution is 5.85. The molecule has 2 rings (SSSR count). The van der Waals surface area contributed by atoms with Crippen LogP contribution in [-0.4, -0.2) is 35.5 Å². The van der Waals surface area contributed by atoms with Gasteiger partial charge in [-0.15, -0.1) is 0 Å². The SMILES string of the molecule is CNC(=O)C1CCCN1c1cc(C)nc(NN)n1. The van der Waals surface area contributed by atoms with Gasteiger partial charge in [0.2, 0.25) is 11.9 Å². The van der Waals surface area contributed by atoms with E-state index in [-0.39, 0.29) is 11.9 Å². The van der Waals surface area contributed by atoms with E-state index < -0.39 is 0 Å². The third-order valence-electron chi connectivity index (χ3n) is 3.07. The molecule has 4 N–H and O–H groups in total. The van der Waals surface area contributed by atoms with Crippen molar-refractivity contribution in [3.8, 4) is 0 Å². The summed E-state index contributed by atoms with van der Waals surface area (Å²) < 4.78 is 0. The third kappa shape index (κ3) is 2.35. The van der Waals surface area contributed by atoms with Crippen molar-refractivity contribution >= 4 is 17.7 Å². The second-order valence-electron chi connectivity index (χ2n) is 4.30. The van der Waals surface area contributed by atoms with Crippen molar-refractivity contribution < 1.29 is 4.79 Å². The van der Waals surface area contributed by atoms with E-state index in [1.165, 1.54) is 0 Å². The van der Waals surface area contributed by atoms with Gasteiger partial charge in [0, 0.05) is 25.4 Å². The van der Waals surface area contributed by atoms with Gasteiger partial charge in [0.05, 0.1) is 0 Å². The normalized spacial score (nSPS) is 18.8. The summed E-state index contributed by atoms with van der Waals surface area (Å²) in [6, 6.07) is 1.71. The average molecular weight is 250 g/mol. The lowest BCUT2D eigenvalue weighted by Gasteiger charge is -2.24. The lowest BCUT2D eigenvalue weighted by Crippen LogP contribution is -2.42. The zero-order valence-corrected chi connectivity index (χ0v) is 10.6. The maximum Gasteiger partial charge on any atom is 0.242 e. The minimum atomic E-state index is -0.157. The lowest BCUT2D eigenvalue weighted by atomic mass is 10.2. The number of nitrogens with two attached hydrogens (primary N) is 1. The first-order valence-electron chi connectivity index (χ1n) is 5.96. The number of nitrogens with one attached hydrogen (secondary N) is 2. The Labute approximate surface area is 106 Å². The Kier molecular flexibility index (Phi) is 3.61. The number of nitrogen functional groups attached to an aromatic ring is 1. The van der Waals surface area contributed by atoms with Crippen molar-refractivity contribution in [2.75, 3.05) is 23.9 Å². The number of hydrogen-bond acceptors (Lipinski definition) is 6. The van der Waals surface area contributed by atoms with Crippen LogP contribution < -0.4 is 21.5 Å². The first-order chi connectivity index (χ1) is 8.65. The summed E-state index contributed by atoms with van der Waals surface area (Å²) in [6.45, 7) is 2.69. The van der Waals surface area contributed by atoms with E-state index in [1.807, 2.05) is 17.9 Å². The van der Waals surface area contributed by atoms with Gasteiger partial charge >= 0.3 is 0 Å². The summed E-state index contributed by atoms with van der Waals surface area (Å²) in [6.07, 6.45) is 1.82. The molecule has 1 fully saturated rings. The molecular weight excluding hydrogens is 232 g/mol. The number of anilines is 2. The van der Waals surface area contributed by atoms with Crippen molar-refractivity contribution in [2.45, 2.75) is 25.8 Å². The third-order valence-corrected chi connectivity index (χ3v) is 3.07. The smallest absolute Gasteiger partial charge is 0.242 e. The van der Waals surface area contributed by atoms with Crippen molar-refractivity contribution in [2.24, 2.45) is 5.84 Å². The van der Waals surface area contributed by atoms with Gasteiger partial charge in [0.25, 0.3) is 0 Å². The highest BCUT2D eigenvalue weighted by Gasteiger charge is 2.31. The van der Waals surface area contributed by atoms with Gasteiger partial charge in [-0.3, -0.25) is 10.2 Å². The van der Waals surface area contributed by atoms with E-state index in [4.69, 9.17) is 5.84 Å². The molecule has 2 heterocycles. The van der Waals surface area contributed by atoms with Crippen LogP contribution in [0.25, 0.3) is 0 Å². The Morgan fingerprint density at radius 3 is 3.00 bits per heavy atom. The molecule has 0 radical (unpaired) electrons. The molecule has 0 bridgehead atoms. The predicted molar refractivity (Wildman–Crippen MR) is 69.0 cm³/mol. The standard InChI is InChI=1S/C11H18N6O/c1-7-6-9(15-11(14-7)16-12)17-5-3-4-8(17)10(18)13-2/h6,8H,3-5,12H2,1-2H3,(H,13,18)(H,14,15,16). The van der Waals surface area contributed by atoms with Crippen LogP contribution in [-0.2, 0) is 4.79 Å². The molecule has 1 amide bonds. The van der Waals surface area contributed by atoms with E-state index in [9.17, 15) is 4.79 Å². The Hall–Kier alpha value is -1.89. The van der Waals surface area contributed by atoms with Crippen molar-refractivity contribution in [3.63, 3.8) is 0 Å². The van der Waals surface area contributed by atoms with Crippen LogP contribution in [0.3, 0.4) is 0 Å². The van der Waals surface area contributed by atoms with Crippen molar-refractivity contribution in [1.29, 1.82) is 0 Å². The molecule has 98 valence electrons. The summed E-state index contributed by atoms with van der Waals surface area (Å²) in [5, 5.41) is 2.69. The molecule has 1 atom stereocenters. The molecule has 1 aromatic rings. The number of aryl methyl sites for hydroxylation is 1. The first-order valence-corrected chi connectivity index (χ1v) is 5.96. The molecule has 7 nitrogen and oxygen atoms in total. The second kappa shape index (κ2) is 5.18. The first kappa shape index (κ1) is 12.6. The van der Waals surface area contributed by atoms with Crippen LogP contribution in [0, 0.1) is 6.92 Å². The molecular formula is C11H18N6O.